The summed E-state index contributed by atoms with van der Waals surface area (Å²) in [5.41, 5.74) is 9.08. The summed E-state index contributed by atoms with van der Waals surface area (Å²) in [4.78, 5) is 13.9. The van der Waals surface area contributed by atoms with Gasteiger partial charge in [0, 0.05) is 17.8 Å². The number of carbonyl (C=O) groups excluding carboxylic acids is 1. The summed E-state index contributed by atoms with van der Waals surface area (Å²) in [5, 5.41) is 3.48. The van der Waals surface area contributed by atoms with Crippen LogP contribution in [0.4, 0.5) is 17.1 Å². The molecule has 2 rings (SSSR count). The lowest BCUT2D eigenvalue weighted by atomic mass is 10.2. The molecule has 0 aliphatic rings. The zero-order valence-corrected chi connectivity index (χ0v) is 12.8. The van der Waals surface area contributed by atoms with E-state index in [9.17, 15) is 4.79 Å². The average Bonchev–Trinajstić information content (AvgIpc) is 2.44. The molecule has 0 radical (unpaired) electrons. The van der Waals surface area contributed by atoms with Gasteiger partial charge in [-0.05, 0) is 36.8 Å². The summed E-state index contributed by atoms with van der Waals surface area (Å²) in [6.07, 6.45) is 0. The largest absolute Gasteiger partial charge is 0.397 e. The zero-order chi connectivity index (χ0) is 15.4. The molecule has 3 N–H and O–H groups in total. The minimum absolute atomic E-state index is 0.105. The summed E-state index contributed by atoms with van der Waals surface area (Å²) >= 11 is 5.97. The SMILES string of the molecule is Cc1ccccc1NC(=O)CN(C)c1cc(Cl)ccc1N. The summed E-state index contributed by atoms with van der Waals surface area (Å²) in [6, 6.07) is 12.9. The molecule has 0 heterocycles. The van der Waals surface area contributed by atoms with Gasteiger partial charge in [-0.1, -0.05) is 29.8 Å². The highest BCUT2D eigenvalue weighted by Crippen LogP contribution is 2.26. The first kappa shape index (κ1) is 15.2. The van der Waals surface area contributed by atoms with Crippen LogP contribution in [0, 0.1) is 6.92 Å². The van der Waals surface area contributed by atoms with Crippen molar-refractivity contribution in [1.82, 2.24) is 0 Å². The van der Waals surface area contributed by atoms with Crippen LogP contribution in [-0.2, 0) is 4.79 Å². The van der Waals surface area contributed by atoms with Gasteiger partial charge in [-0.15, -0.1) is 0 Å². The topological polar surface area (TPSA) is 58.4 Å². The van der Waals surface area contributed by atoms with Crippen LogP contribution in [0.15, 0.2) is 42.5 Å². The van der Waals surface area contributed by atoms with E-state index in [0.717, 1.165) is 16.9 Å². The number of hydrogen-bond donors (Lipinski definition) is 2. The highest BCUT2D eigenvalue weighted by atomic mass is 35.5. The number of carbonyl (C=O) groups is 1. The zero-order valence-electron chi connectivity index (χ0n) is 12.1. The smallest absolute Gasteiger partial charge is 0.243 e. The fourth-order valence-electron chi connectivity index (χ4n) is 2.05. The fraction of sp³-hybridized carbons (Fsp3) is 0.188. The van der Waals surface area contributed by atoms with Crippen molar-refractivity contribution in [3.05, 3.63) is 53.1 Å². The van der Waals surface area contributed by atoms with Gasteiger partial charge in [0.25, 0.3) is 0 Å². The van der Waals surface area contributed by atoms with Gasteiger partial charge < -0.3 is 16.0 Å². The summed E-state index contributed by atoms with van der Waals surface area (Å²) in [7, 11) is 1.81. The van der Waals surface area contributed by atoms with Crippen molar-refractivity contribution in [2.24, 2.45) is 0 Å². The maximum absolute atomic E-state index is 12.1. The molecule has 0 aliphatic carbocycles. The van der Waals surface area contributed by atoms with Crippen molar-refractivity contribution in [2.45, 2.75) is 6.92 Å². The van der Waals surface area contributed by atoms with Gasteiger partial charge in [0.2, 0.25) is 5.91 Å². The van der Waals surface area contributed by atoms with E-state index in [1.165, 1.54) is 0 Å². The quantitative estimate of drug-likeness (QED) is 0.852. The molecule has 0 saturated carbocycles. The van der Waals surface area contributed by atoms with Gasteiger partial charge in [0.15, 0.2) is 0 Å². The number of para-hydroxylation sites is 1. The van der Waals surface area contributed by atoms with Gasteiger partial charge >= 0.3 is 0 Å². The predicted octanol–water partition coefficient (Wildman–Crippen LogP) is 3.31. The Hall–Kier alpha value is -2.20. The molecule has 0 spiro atoms. The summed E-state index contributed by atoms with van der Waals surface area (Å²) in [5.74, 6) is -0.105. The molecule has 21 heavy (non-hydrogen) atoms. The van der Waals surface area contributed by atoms with E-state index in [4.69, 9.17) is 17.3 Å². The van der Waals surface area contributed by atoms with Gasteiger partial charge in [0.05, 0.1) is 17.9 Å². The van der Waals surface area contributed by atoms with E-state index >= 15 is 0 Å². The van der Waals surface area contributed by atoms with Crippen LogP contribution in [-0.4, -0.2) is 19.5 Å². The van der Waals surface area contributed by atoms with E-state index in [1.54, 1.807) is 30.1 Å². The number of likely N-dealkylation sites (N-methyl/N-ethyl adjacent to an activating group) is 1. The number of rotatable bonds is 4. The first-order valence-electron chi connectivity index (χ1n) is 6.59. The number of benzene rings is 2. The minimum atomic E-state index is -0.105. The summed E-state index contributed by atoms with van der Waals surface area (Å²) in [6.45, 7) is 2.15. The monoisotopic (exact) mass is 303 g/mol. The number of halogens is 1. The van der Waals surface area contributed by atoms with Crippen molar-refractivity contribution < 1.29 is 4.79 Å². The lowest BCUT2D eigenvalue weighted by molar-refractivity contribution is -0.114. The van der Waals surface area contributed by atoms with E-state index < -0.39 is 0 Å². The van der Waals surface area contributed by atoms with Crippen LogP contribution in [0.2, 0.25) is 5.02 Å². The van der Waals surface area contributed by atoms with Crippen molar-refractivity contribution in [3.63, 3.8) is 0 Å². The van der Waals surface area contributed by atoms with E-state index in [2.05, 4.69) is 5.32 Å². The second kappa shape index (κ2) is 6.50. The molecule has 1 amide bonds. The first-order valence-corrected chi connectivity index (χ1v) is 6.97. The number of nitrogens with zero attached hydrogens (tertiary/aromatic N) is 1. The van der Waals surface area contributed by atoms with Crippen LogP contribution in [0.3, 0.4) is 0 Å². The Bertz CT molecular complexity index is 658. The first-order chi connectivity index (χ1) is 9.97. The normalized spacial score (nSPS) is 10.2. The Labute approximate surface area is 129 Å². The van der Waals surface area contributed by atoms with E-state index in [1.807, 2.05) is 31.2 Å². The number of amides is 1. The van der Waals surface area contributed by atoms with Gasteiger partial charge in [-0.3, -0.25) is 4.79 Å². The van der Waals surface area contributed by atoms with Crippen LogP contribution in [0.1, 0.15) is 5.56 Å². The van der Waals surface area contributed by atoms with Crippen molar-refractivity contribution >= 4 is 34.6 Å². The second-order valence-corrected chi connectivity index (χ2v) is 5.36. The maximum atomic E-state index is 12.1. The van der Waals surface area contributed by atoms with Crippen LogP contribution < -0.4 is 16.0 Å². The number of nitrogens with one attached hydrogen (secondary N) is 1. The highest BCUT2D eigenvalue weighted by molar-refractivity contribution is 6.31. The molecule has 2 aromatic rings. The van der Waals surface area contributed by atoms with Crippen LogP contribution >= 0.6 is 11.6 Å². The number of anilines is 3. The van der Waals surface area contributed by atoms with Gasteiger partial charge in [-0.25, -0.2) is 0 Å². The average molecular weight is 304 g/mol. The molecule has 0 unspecified atom stereocenters. The molecule has 0 aromatic heterocycles. The molecule has 5 heteroatoms. The van der Waals surface area contributed by atoms with E-state index in [-0.39, 0.29) is 12.5 Å². The standard InChI is InChI=1S/C16H18ClN3O/c1-11-5-3-4-6-14(11)19-16(21)10-20(2)15-9-12(17)7-8-13(15)18/h3-9H,10,18H2,1-2H3,(H,19,21). The Balaban J connectivity index is 2.06. The number of hydrogen-bond acceptors (Lipinski definition) is 3. The van der Waals surface area contributed by atoms with Crippen molar-refractivity contribution in [3.8, 4) is 0 Å². The van der Waals surface area contributed by atoms with Crippen LogP contribution in [0.5, 0.6) is 0 Å². The Kier molecular flexibility index (Phi) is 4.70. The lowest BCUT2D eigenvalue weighted by Gasteiger charge is -2.21. The fourth-order valence-corrected chi connectivity index (χ4v) is 2.22. The van der Waals surface area contributed by atoms with Crippen LogP contribution in [0.25, 0.3) is 0 Å². The number of aryl methyl sites for hydroxylation is 1. The molecule has 110 valence electrons. The lowest BCUT2D eigenvalue weighted by Crippen LogP contribution is -2.30. The van der Waals surface area contributed by atoms with Gasteiger partial charge in [-0.2, -0.15) is 0 Å². The van der Waals surface area contributed by atoms with Crippen molar-refractivity contribution in [2.75, 3.05) is 29.5 Å². The Morgan fingerprint density at radius 1 is 1.29 bits per heavy atom. The maximum Gasteiger partial charge on any atom is 0.243 e. The number of nitrogens with two attached hydrogens (primary N) is 1. The third-order valence-electron chi connectivity index (χ3n) is 3.20. The van der Waals surface area contributed by atoms with E-state index in [0.29, 0.717) is 10.7 Å². The Morgan fingerprint density at radius 2 is 2.00 bits per heavy atom. The molecule has 0 saturated heterocycles. The Morgan fingerprint density at radius 3 is 2.71 bits per heavy atom. The molecule has 0 aliphatic heterocycles. The van der Waals surface area contributed by atoms with Gasteiger partial charge in [0.1, 0.15) is 0 Å². The molecule has 0 bridgehead atoms. The predicted molar refractivity (Wildman–Crippen MR) is 88.9 cm³/mol. The molecular weight excluding hydrogens is 286 g/mol. The number of nitrogen functional groups attached to an aromatic ring is 1. The molecule has 0 atom stereocenters. The summed E-state index contributed by atoms with van der Waals surface area (Å²) < 4.78 is 0. The third-order valence-corrected chi connectivity index (χ3v) is 3.44. The van der Waals surface area contributed by atoms with Crippen molar-refractivity contribution in [1.29, 1.82) is 0 Å². The molecule has 0 fully saturated rings. The molecule has 2 aromatic carbocycles. The highest BCUT2D eigenvalue weighted by Gasteiger charge is 2.11. The minimum Gasteiger partial charge on any atom is -0.397 e. The third kappa shape index (κ3) is 3.89. The second-order valence-electron chi connectivity index (χ2n) is 4.92. The molecule has 4 nitrogen and oxygen atoms in total. The molecular formula is C16H18ClN3O.